The minimum Gasteiger partial charge on any atom is -0.478 e. The van der Waals surface area contributed by atoms with Crippen LogP contribution in [-0.2, 0) is 9.53 Å². The van der Waals surface area contributed by atoms with Crippen molar-refractivity contribution in [2.75, 3.05) is 26.3 Å². The second kappa shape index (κ2) is 9.05. The number of nitrogens with one attached hydrogen (secondary N) is 1. The number of hydrogen-bond donors (Lipinski definition) is 2. The van der Waals surface area contributed by atoms with Crippen LogP contribution in [0.25, 0.3) is 23.0 Å². The maximum Gasteiger partial charge on any atom is 0.335 e. The van der Waals surface area contributed by atoms with Gasteiger partial charge >= 0.3 is 5.97 Å². The summed E-state index contributed by atoms with van der Waals surface area (Å²) in [4.78, 5) is 40.2. The lowest BCUT2D eigenvalue weighted by molar-refractivity contribution is -0.128. The Labute approximate surface area is 185 Å². The first-order valence-corrected chi connectivity index (χ1v) is 10.4. The third-order valence-electron chi connectivity index (χ3n) is 4.83. The van der Waals surface area contributed by atoms with Gasteiger partial charge in [0.1, 0.15) is 22.3 Å². The number of carboxylic acid groups (broad SMARTS) is 1. The van der Waals surface area contributed by atoms with Gasteiger partial charge < -0.3 is 24.1 Å². The normalized spacial score (nSPS) is 15.3. The highest BCUT2D eigenvalue weighted by atomic mass is 32.1. The van der Waals surface area contributed by atoms with Gasteiger partial charge in [0.25, 0.3) is 11.5 Å². The minimum absolute atomic E-state index is 0.118. The molecule has 2 N–H and O–H groups in total. The molecule has 4 rings (SSSR count). The van der Waals surface area contributed by atoms with Crippen molar-refractivity contribution >= 4 is 34.9 Å². The zero-order valence-corrected chi connectivity index (χ0v) is 17.5. The van der Waals surface area contributed by atoms with Crippen LogP contribution in [0.4, 0.5) is 0 Å². The summed E-state index contributed by atoms with van der Waals surface area (Å²) in [5.74, 6) is -0.546. The highest BCUT2D eigenvalue weighted by molar-refractivity contribution is 7.07. The first-order chi connectivity index (χ1) is 15.5. The largest absolute Gasteiger partial charge is 0.478 e. The van der Waals surface area contributed by atoms with Crippen LogP contribution in [0.2, 0.25) is 0 Å². The van der Waals surface area contributed by atoms with Crippen LogP contribution >= 0.6 is 11.3 Å². The Morgan fingerprint density at radius 2 is 1.88 bits per heavy atom. The number of thiazole rings is 1. The van der Waals surface area contributed by atoms with E-state index in [-0.39, 0.29) is 20.3 Å². The fourth-order valence-corrected chi connectivity index (χ4v) is 4.08. The summed E-state index contributed by atoms with van der Waals surface area (Å²) in [5, 5.41) is 18.5. The first-order valence-electron chi connectivity index (χ1n) is 9.62. The number of aromatic amines is 1. The Morgan fingerprint density at radius 3 is 2.53 bits per heavy atom. The van der Waals surface area contributed by atoms with Gasteiger partial charge in [0.2, 0.25) is 0 Å². The monoisotopic (exact) mass is 451 g/mol. The number of carbonyl (C=O) groups is 2. The molecule has 3 aromatic rings. The number of furan rings is 1. The van der Waals surface area contributed by atoms with Crippen molar-refractivity contribution in [3.8, 4) is 17.4 Å². The smallest absolute Gasteiger partial charge is 0.335 e. The van der Waals surface area contributed by atoms with E-state index in [1.807, 2.05) is 6.07 Å². The van der Waals surface area contributed by atoms with E-state index in [2.05, 4.69) is 4.98 Å². The van der Waals surface area contributed by atoms with Crippen LogP contribution in [0.3, 0.4) is 0 Å². The molecule has 10 heteroatoms. The van der Waals surface area contributed by atoms with E-state index in [1.54, 1.807) is 24.3 Å². The van der Waals surface area contributed by atoms with E-state index < -0.39 is 17.4 Å². The molecule has 1 aliphatic heterocycles. The molecular formula is C22H17N3O6S. The molecule has 0 unspecified atom stereocenters. The fraction of sp³-hybridized carbons (Fsp3) is 0.182. The lowest BCUT2D eigenvalue weighted by Gasteiger charge is -2.26. The summed E-state index contributed by atoms with van der Waals surface area (Å²) in [6.07, 6.45) is 1.52. The second-order valence-electron chi connectivity index (χ2n) is 6.87. The molecule has 1 amide bonds. The molecule has 0 spiro atoms. The number of benzene rings is 1. The summed E-state index contributed by atoms with van der Waals surface area (Å²) in [7, 11) is 0. The standard InChI is InChI=1S/C22H17N3O6S/c23-12-16(21(27)25-7-9-30-10-8-25)20-24-19(26)18(32-20)11-15-5-6-17(31-15)13-1-3-14(4-2-13)22(28)29/h1-6,11H,7-10H2,(H,24,26)(H,28,29). The van der Waals surface area contributed by atoms with Crippen molar-refractivity contribution in [3.63, 3.8) is 0 Å². The Hall–Kier alpha value is -3.94. The highest BCUT2D eigenvalue weighted by Gasteiger charge is 2.22. The predicted octanol–water partition coefficient (Wildman–Crippen LogP) is 0.756. The minimum atomic E-state index is -1.02. The van der Waals surface area contributed by atoms with Gasteiger partial charge in [0, 0.05) is 24.7 Å². The lowest BCUT2D eigenvalue weighted by atomic mass is 10.1. The van der Waals surface area contributed by atoms with Gasteiger partial charge in [-0.1, -0.05) is 12.1 Å². The molecule has 0 atom stereocenters. The molecule has 1 saturated heterocycles. The van der Waals surface area contributed by atoms with E-state index in [0.717, 1.165) is 11.3 Å². The number of aromatic nitrogens is 1. The quantitative estimate of drug-likeness (QED) is 0.597. The molecule has 0 saturated carbocycles. The van der Waals surface area contributed by atoms with Crippen LogP contribution < -0.4 is 14.8 Å². The third-order valence-corrected chi connectivity index (χ3v) is 5.86. The first kappa shape index (κ1) is 21.3. The van der Waals surface area contributed by atoms with Crippen molar-refractivity contribution < 1.29 is 23.8 Å². The summed E-state index contributed by atoms with van der Waals surface area (Å²) in [6, 6.07) is 11.5. The molecule has 1 fully saturated rings. The number of ether oxygens (including phenoxy) is 1. The SMILES string of the molecule is N#CC(C(=O)N1CCOCC1)=c1[nH]c(=O)c(=Cc2ccc(-c3ccc(C(=O)O)cc3)o2)s1. The molecule has 0 bridgehead atoms. The number of carboxylic acids is 1. The fourth-order valence-electron chi connectivity index (χ4n) is 3.17. The molecule has 0 aliphatic carbocycles. The topological polar surface area (TPSA) is 137 Å². The molecule has 0 radical (unpaired) electrons. The lowest BCUT2D eigenvalue weighted by Crippen LogP contribution is -2.42. The third kappa shape index (κ3) is 4.39. The van der Waals surface area contributed by atoms with Crippen molar-refractivity contribution in [2.24, 2.45) is 0 Å². The van der Waals surface area contributed by atoms with Crippen LogP contribution in [0.1, 0.15) is 16.1 Å². The van der Waals surface area contributed by atoms with Crippen LogP contribution in [0.15, 0.2) is 45.6 Å². The van der Waals surface area contributed by atoms with Crippen LogP contribution in [0, 0.1) is 11.3 Å². The molecule has 32 heavy (non-hydrogen) atoms. The maximum atomic E-state index is 12.7. The summed E-state index contributed by atoms with van der Waals surface area (Å²) < 4.78 is 11.5. The number of nitrogens with zero attached hydrogens (tertiary/aromatic N) is 2. The Bertz CT molecular complexity index is 1380. The molecule has 2 aromatic heterocycles. The number of carbonyl (C=O) groups excluding carboxylic acids is 1. The van der Waals surface area contributed by atoms with Crippen molar-refractivity contribution in [2.45, 2.75) is 0 Å². The molecule has 9 nitrogen and oxygen atoms in total. The van der Waals surface area contributed by atoms with Gasteiger partial charge in [0.15, 0.2) is 5.57 Å². The van der Waals surface area contributed by atoms with Crippen LogP contribution in [-0.4, -0.2) is 53.2 Å². The maximum absolute atomic E-state index is 12.7. The number of H-pyrrole nitrogens is 1. The van der Waals surface area contributed by atoms with Gasteiger partial charge in [-0.3, -0.25) is 9.59 Å². The molecule has 1 aromatic carbocycles. The predicted molar refractivity (Wildman–Crippen MR) is 115 cm³/mol. The summed E-state index contributed by atoms with van der Waals surface area (Å²) in [5.41, 5.74) is 0.302. The van der Waals surface area contributed by atoms with Crippen molar-refractivity contribution in [1.82, 2.24) is 9.88 Å². The van der Waals surface area contributed by atoms with Crippen molar-refractivity contribution in [3.05, 3.63) is 67.3 Å². The second-order valence-corrected chi connectivity index (χ2v) is 7.92. The average molecular weight is 451 g/mol. The van der Waals surface area contributed by atoms with Gasteiger partial charge in [-0.05, 0) is 24.3 Å². The summed E-state index contributed by atoms with van der Waals surface area (Å²) in [6.45, 7) is 1.59. The average Bonchev–Trinajstić information content (AvgIpc) is 3.42. The van der Waals surface area contributed by atoms with Crippen molar-refractivity contribution in [1.29, 1.82) is 5.26 Å². The van der Waals surface area contributed by atoms with Gasteiger partial charge in [-0.15, -0.1) is 11.3 Å². The number of aromatic carboxylic acids is 1. The number of rotatable bonds is 4. The Morgan fingerprint density at radius 1 is 1.16 bits per heavy atom. The zero-order valence-electron chi connectivity index (χ0n) is 16.7. The molecule has 3 heterocycles. The van der Waals surface area contributed by atoms with Gasteiger partial charge in [-0.25, -0.2) is 4.79 Å². The molecule has 162 valence electrons. The molecule has 1 aliphatic rings. The van der Waals surface area contributed by atoms with Gasteiger partial charge in [-0.2, -0.15) is 5.26 Å². The zero-order chi connectivity index (χ0) is 22.7. The number of hydrogen-bond acceptors (Lipinski definition) is 7. The molecular weight excluding hydrogens is 434 g/mol. The Kier molecular flexibility index (Phi) is 6.02. The number of nitriles is 1. The van der Waals surface area contributed by atoms with Gasteiger partial charge in [0.05, 0.1) is 23.3 Å². The van der Waals surface area contributed by atoms with E-state index >= 15 is 0 Å². The van der Waals surface area contributed by atoms with E-state index in [1.165, 1.54) is 23.1 Å². The Balaban J connectivity index is 1.65. The van der Waals surface area contributed by atoms with E-state index in [4.69, 9.17) is 14.3 Å². The summed E-state index contributed by atoms with van der Waals surface area (Å²) >= 11 is 1.00. The number of morpholine rings is 1. The van der Waals surface area contributed by atoms with Crippen LogP contribution in [0.5, 0.6) is 0 Å². The van der Waals surface area contributed by atoms with E-state index in [9.17, 15) is 19.6 Å². The number of amides is 1. The van der Waals surface area contributed by atoms with E-state index in [0.29, 0.717) is 43.4 Å². The highest BCUT2D eigenvalue weighted by Crippen LogP contribution is 2.23.